The van der Waals surface area contributed by atoms with Crippen molar-refractivity contribution in [3.05, 3.63) is 10.6 Å². The Labute approximate surface area is 116 Å². The zero-order chi connectivity index (χ0) is 13.7. The molecule has 1 fully saturated rings. The number of thiazole rings is 1. The Balaban J connectivity index is 1.70. The number of ether oxygens (including phenoxy) is 1. The molecular weight excluding hydrogens is 266 g/mol. The molecule has 1 aromatic rings. The molecule has 0 unspecified atom stereocenters. The van der Waals surface area contributed by atoms with Gasteiger partial charge in [0.2, 0.25) is 0 Å². The number of anilines is 1. The summed E-state index contributed by atoms with van der Waals surface area (Å²) in [6, 6.07) is 0. The third-order valence-corrected chi connectivity index (χ3v) is 4.13. The maximum Gasteiger partial charge on any atom is 0.347 e. The Hall–Kier alpha value is -1.18. The van der Waals surface area contributed by atoms with Crippen molar-refractivity contribution in [3.63, 3.8) is 0 Å². The molecule has 6 nitrogen and oxygen atoms in total. The van der Waals surface area contributed by atoms with E-state index < -0.39 is 5.97 Å². The van der Waals surface area contributed by atoms with Crippen LogP contribution in [-0.2, 0) is 4.74 Å². The number of nitrogens with one attached hydrogen (secondary N) is 1. The van der Waals surface area contributed by atoms with Crippen molar-refractivity contribution in [2.45, 2.75) is 13.3 Å². The van der Waals surface area contributed by atoms with Crippen LogP contribution in [0.2, 0.25) is 0 Å². The van der Waals surface area contributed by atoms with Gasteiger partial charge in [-0.15, -0.1) is 0 Å². The summed E-state index contributed by atoms with van der Waals surface area (Å²) in [4.78, 5) is 17.8. The average Bonchev–Trinajstić information content (AvgIpc) is 2.77. The minimum Gasteiger partial charge on any atom is -0.477 e. The van der Waals surface area contributed by atoms with Gasteiger partial charge in [-0.2, -0.15) is 0 Å². The molecule has 0 atom stereocenters. The van der Waals surface area contributed by atoms with Gasteiger partial charge < -0.3 is 15.2 Å². The number of hydrogen-bond acceptors (Lipinski definition) is 6. The summed E-state index contributed by atoms with van der Waals surface area (Å²) in [6.45, 7) is 7.20. The van der Waals surface area contributed by atoms with Gasteiger partial charge in [0.1, 0.15) is 4.88 Å². The quantitative estimate of drug-likeness (QED) is 0.767. The number of aromatic nitrogens is 1. The molecule has 0 amide bonds. The second-order valence-electron chi connectivity index (χ2n) is 4.47. The van der Waals surface area contributed by atoms with Gasteiger partial charge in [-0.25, -0.2) is 9.78 Å². The summed E-state index contributed by atoms with van der Waals surface area (Å²) >= 11 is 1.20. The van der Waals surface area contributed by atoms with E-state index in [1.54, 1.807) is 6.92 Å². The highest BCUT2D eigenvalue weighted by atomic mass is 32.1. The molecule has 2 rings (SSSR count). The number of morpholine rings is 1. The molecule has 1 aliphatic rings. The van der Waals surface area contributed by atoms with E-state index in [1.165, 1.54) is 11.3 Å². The predicted octanol–water partition coefficient (Wildman–Crippen LogP) is 1.28. The zero-order valence-corrected chi connectivity index (χ0v) is 11.8. The molecule has 1 aliphatic heterocycles. The first-order chi connectivity index (χ1) is 9.16. The van der Waals surface area contributed by atoms with Crippen LogP contribution in [0.4, 0.5) is 5.13 Å². The topological polar surface area (TPSA) is 74.7 Å². The van der Waals surface area contributed by atoms with Crippen LogP contribution in [0.5, 0.6) is 0 Å². The minimum absolute atomic E-state index is 0.315. The standard InChI is InChI=1S/C12H19N3O3S/c1-9-10(11(16)17)19-12(14-9)13-3-2-4-15-5-7-18-8-6-15/h2-8H2,1H3,(H,13,14)(H,16,17). The lowest BCUT2D eigenvalue weighted by Crippen LogP contribution is -2.37. The molecular formula is C12H19N3O3S. The van der Waals surface area contributed by atoms with Crippen molar-refractivity contribution in [2.24, 2.45) is 0 Å². The van der Waals surface area contributed by atoms with E-state index in [0.29, 0.717) is 15.7 Å². The normalized spacial score (nSPS) is 16.5. The van der Waals surface area contributed by atoms with Crippen LogP contribution < -0.4 is 5.32 Å². The Morgan fingerprint density at radius 2 is 2.26 bits per heavy atom. The summed E-state index contributed by atoms with van der Waals surface area (Å²) in [6.07, 6.45) is 1.01. The SMILES string of the molecule is Cc1nc(NCCCN2CCOCC2)sc1C(=O)O. The summed E-state index contributed by atoms with van der Waals surface area (Å²) < 4.78 is 5.29. The van der Waals surface area contributed by atoms with Gasteiger partial charge in [-0.05, 0) is 19.9 Å². The molecule has 1 aromatic heterocycles. The fourth-order valence-corrected chi connectivity index (χ4v) is 2.82. The van der Waals surface area contributed by atoms with Crippen molar-refractivity contribution in [1.29, 1.82) is 0 Å². The Morgan fingerprint density at radius 1 is 1.53 bits per heavy atom. The predicted molar refractivity (Wildman–Crippen MR) is 74.2 cm³/mol. The summed E-state index contributed by atoms with van der Waals surface area (Å²) in [5, 5.41) is 12.8. The number of carboxylic acids is 1. The van der Waals surface area contributed by atoms with Crippen molar-refractivity contribution >= 4 is 22.4 Å². The molecule has 0 saturated carbocycles. The van der Waals surface area contributed by atoms with Crippen LogP contribution in [0, 0.1) is 6.92 Å². The fraction of sp³-hybridized carbons (Fsp3) is 0.667. The van der Waals surface area contributed by atoms with E-state index >= 15 is 0 Å². The smallest absolute Gasteiger partial charge is 0.347 e. The molecule has 2 heterocycles. The van der Waals surface area contributed by atoms with Gasteiger partial charge in [-0.1, -0.05) is 11.3 Å². The molecule has 0 aromatic carbocycles. The molecule has 0 aliphatic carbocycles. The van der Waals surface area contributed by atoms with Crippen LogP contribution in [0.25, 0.3) is 0 Å². The van der Waals surface area contributed by atoms with Crippen molar-refractivity contribution < 1.29 is 14.6 Å². The van der Waals surface area contributed by atoms with Gasteiger partial charge in [0, 0.05) is 19.6 Å². The Kier molecular flexibility index (Phi) is 5.12. The van der Waals surface area contributed by atoms with Crippen LogP contribution in [-0.4, -0.2) is 60.4 Å². The first-order valence-electron chi connectivity index (χ1n) is 6.41. The third kappa shape index (κ3) is 4.15. The Bertz CT molecular complexity index is 430. The van der Waals surface area contributed by atoms with Crippen LogP contribution in [0.3, 0.4) is 0 Å². The first-order valence-corrected chi connectivity index (χ1v) is 7.23. The maximum atomic E-state index is 10.9. The lowest BCUT2D eigenvalue weighted by Gasteiger charge is -2.26. The van der Waals surface area contributed by atoms with Crippen molar-refractivity contribution in [1.82, 2.24) is 9.88 Å². The summed E-state index contributed by atoms with van der Waals surface area (Å²) in [5.41, 5.74) is 0.577. The van der Waals surface area contributed by atoms with E-state index in [9.17, 15) is 4.79 Å². The first kappa shape index (κ1) is 14.2. The highest BCUT2D eigenvalue weighted by molar-refractivity contribution is 7.17. The van der Waals surface area contributed by atoms with E-state index in [4.69, 9.17) is 9.84 Å². The zero-order valence-electron chi connectivity index (χ0n) is 11.0. The van der Waals surface area contributed by atoms with Gasteiger partial charge in [0.25, 0.3) is 0 Å². The molecule has 106 valence electrons. The monoisotopic (exact) mass is 285 g/mol. The highest BCUT2D eigenvalue weighted by Crippen LogP contribution is 2.22. The number of carboxylic acid groups (broad SMARTS) is 1. The molecule has 2 N–H and O–H groups in total. The number of carbonyl (C=O) groups is 1. The fourth-order valence-electron chi connectivity index (χ4n) is 1.99. The number of hydrogen-bond donors (Lipinski definition) is 2. The number of rotatable bonds is 6. The number of aromatic carboxylic acids is 1. The number of nitrogens with zero attached hydrogens (tertiary/aromatic N) is 2. The lowest BCUT2D eigenvalue weighted by molar-refractivity contribution is 0.0378. The van der Waals surface area contributed by atoms with E-state index in [-0.39, 0.29) is 0 Å². The molecule has 19 heavy (non-hydrogen) atoms. The summed E-state index contributed by atoms with van der Waals surface area (Å²) in [5.74, 6) is -0.906. The lowest BCUT2D eigenvalue weighted by atomic mass is 10.3. The van der Waals surface area contributed by atoms with Gasteiger partial charge >= 0.3 is 5.97 Å². The van der Waals surface area contributed by atoms with Crippen LogP contribution in [0.1, 0.15) is 21.8 Å². The van der Waals surface area contributed by atoms with E-state index in [0.717, 1.165) is 45.8 Å². The van der Waals surface area contributed by atoms with Crippen molar-refractivity contribution in [2.75, 3.05) is 44.7 Å². The van der Waals surface area contributed by atoms with Gasteiger partial charge in [-0.3, -0.25) is 4.90 Å². The Morgan fingerprint density at radius 3 is 2.89 bits per heavy atom. The van der Waals surface area contributed by atoms with Gasteiger partial charge in [0.15, 0.2) is 5.13 Å². The van der Waals surface area contributed by atoms with Crippen LogP contribution >= 0.6 is 11.3 Å². The third-order valence-electron chi connectivity index (χ3n) is 3.02. The van der Waals surface area contributed by atoms with Crippen molar-refractivity contribution in [3.8, 4) is 0 Å². The average molecular weight is 285 g/mol. The van der Waals surface area contributed by atoms with E-state index in [1.807, 2.05) is 0 Å². The molecule has 1 saturated heterocycles. The molecule has 0 radical (unpaired) electrons. The summed E-state index contributed by atoms with van der Waals surface area (Å²) in [7, 11) is 0. The highest BCUT2D eigenvalue weighted by Gasteiger charge is 2.14. The van der Waals surface area contributed by atoms with Crippen LogP contribution in [0.15, 0.2) is 0 Å². The minimum atomic E-state index is -0.906. The maximum absolute atomic E-state index is 10.9. The second-order valence-corrected chi connectivity index (χ2v) is 5.47. The molecule has 0 bridgehead atoms. The number of aryl methyl sites for hydroxylation is 1. The van der Waals surface area contributed by atoms with Gasteiger partial charge in [0.05, 0.1) is 18.9 Å². The molecule has 0 spiro atoms. The molecule has 7 heteroatoms. The largest absolute Gasteiger partial charge is 0.477 e. The van der Waals surface area contributed by atoms with E-state index in [2.05, 4.69) is 15.2 Å². The second kappa shape index (κ2) is 6.83.